The first kappa shape index (κ1) is 24.9. The van der Waals surface area contributed by atoms with Crippen LogP contribution in [-0.4, -0.2) is 34.5 Å². The van der Waals surface area contributed by atoms with Crippen LogP contribution in [0, 0.1) is 0 Å². The van der Waals surface area contributed by atoms with Crippen LogP contribution in [0.3, 0.4) is 0 Å². The van der Waals surface area contributed by atoms with Crippen molar-refractivity contribution in [1.82, 2.24) is 0 Å². The maximum atomic E-state index is 13.5. The van der Waals surface area contributed by atoms with Crippen LogP contribution in [0.2, 0.25) is 5.02 Å². The molecule has 1 unspecified atom stereocenters. The van der Waals surface area contributed by atoms with E-state index in [1.54, 1.807) is 6.07 Å². The van der Waals surface area contributed by atoms with E-state index in [4.69, 9.17) is 38.4 Å². The van der Waals surface area contributed by atoms with E-state index in [0.29, 0.717) is 5.56 Å². The van der Waals surface area contributed by atoms with Crippen molar-refractivity contribution in [3.63, 3.8) is 0 Å². The van der Waals surface area contributed by atoms with Gasteiger partial charge in [0, 0.05) is 5.02 Å². The predicted octanol–water partition coefficient (Wildman–Crippen LogP) is 5.63. The van der Waals surface area contributed by atoms with Gasteiger partial charge in [0.15, 0.2) is 21.9 Å². The summed E-state index contributed by atoms with van der Waals surface area (Å²) in [5, 5.41) is 8.87. The fourth-order valence-corrected chi connectivity index (χ4v) is 4.33. The molecule has 1 N–H and O–H groups in total. The van der Waals surface area contributed by atoms with Crippen LogP contribution in [0.5, 0.6) is 11.5 Å². The Kier molecular flexibility index (Phi) is 7.25. The highest BCUT2D eigenvalue weighted by Gasteiger charge is 2.41. The molecule has 2 aromatic carbocycles. The number of ether oxygens (including phenoxy) is 2. The van der Waals surface area contributed by atoms with Gasteiger partial charge in [-0.3, -0.25) is 9.69 Å². The molecular formula is C21H15ClF3NO5S2. The van der Waals surface area contributed by atoms with Crippen molar-refractivity contribution >= 4 is 63.5 Å². The topological polar surface area (TPSA) is 76.1 Å². The van der Waals surface area contributed by atoms with Crippen molar-refractivity contribution in [1.29, 1.82) is 0 Å². The van der Waals surface area contributed by atoms with Crippen LogP contribution in [-0.2, 0) is 15.8 Å². The second-order valence-corrected chi connectivity index (χ2v) is 8.80. The van der Waals surface area contributed by atoms with E-state index in [2.05, 4.69) is 0 Å². The molecule has 0 aliphatic carbocycles. The number of carboxylic acids is 1. The van der Waals surface area contributed by atoms with Gasteiger partial charge >= 0.3 is 12.1 Å². The number of nitrogens with zero attached hydrogens (tertiary/aromatic N) is 1. The Morgan fingerprint density at radius 1 is 1.24 bits per heavy atom. The Labute approximate surface area is 200 Å². The standard InChI is InChI=1S/C21H15ClF3NO5S2/c1-10(19(28)29)31-15-6-3-11(7-16(15)30-2)8-17-18(27)26(20(32)33-17)14-5-4-12(22)9-13(14)21(23,24)25/h3-10H,1-2H3,(H,28,29)/b17-8+. The third-order valence-corrected chi connectivity index (χ3v) is 5.97. The zero-order valence-corrected chi connectivity index (χ0v) is 19.4. The Morgan fingerprint density at radius 3 is 2.55 bits per heavy atom. The van der Waals surface area contributed by atoms with Crippen LogP contribution < -0.4 is 14.4 Å². The summed E-state index contributed by atoms with van der Waals surface area (Å²) in [4.78, 5) is 24.9. The number of methoxy groups -OCH3 is 1. The minimum absolute atomic E-state index is 0.0683. The lowest BCUT2D eigenvalue weighted by Crippen LogP contribution is -2.29. The summed E-state index contributed by atoms with van der Waals surface area (Å²) in [5.41, 5.74) is -1.03. The smallest absolute Gasteiger partial charge is 0.418 e. The van der Waals surface area contributed by atoms with E-state index >= 15 is 0 Å². The number of amides is 1. The average Bonchev–Trinajstić information content (AvgIpc) is 3.01. The zero-order valence-electron chi connectivity index (χ0n) is 17.0. The van der Waals surface area contributed by atoms with Gasteiger partial charge in [0.05, 0.1) is 23.3 Å². The molecule has 1 aliphatic rings. The van der Waals surface area contributed by atoms with Crippen molar-refractivity contribution < 1.29 is 37.3 Å². The number of anilines is 1. The number of aliphatic carboxylic acids is 1. The largest absolute Gasteiger partial charge is 0.493 e. The summed E-state index contributed by atoms with van der Waals surface area (Å²) in [6.45, 7) is 1.35. The number of rotatable bonds is 6. The number of thioether (sulfide) groups is 1. The van der Waals surface area contributed by atoms with Gasteiger partial charge in [-0.25, -0.2) is 4.79 Å². The minimum atomic E-state index is -4.75. The number of hydrogen-bond acceptors (Lipinski definition) is 6. The molecule has 174 valence electrons. The number of halogens is 4. The summed E-state index contributed by atoms with van der Waals surface area (Å²) in [6.07, 6.45) is -4.43. The van der Waals surface area contributed by atoms with Crippen LogP contribution in [0.4, 0.5) is 18.9 Å². The Balaban J connectivity index is 1.94. The molecule has 0 bridgehead atoms. The van der Waals surface area contributed by atoms with Gasteiger partial charge in [0.1, 0.15) is 0 Å². The number of alkyl halides is 3. The van der Waals surface area contributed by atoms with Crippen molar-refractivity contribution in [2.75, 3.05) is 12.0 Å². The predicted molar refractivity (Wildman–Crippen MR) is 123 cm³/mol. The number of carbonyl (C=O) groups is 2. The van der Waals surface area contributed by atoms with E-state index in [-0.39, 0.29) is 25.7 Å². The van der Waals surface area contributed by atoms with Gasteiger partial charge in [0.25, 0.3) is 5.91 Å². The van der Waals surface area contributed by atoms with Gasteiger partial charge in [0.2, 0.25) is 0 Å². The highest BCUT2D eigenvalue weighted by molar-refractivity contribution is 8.27. The van der Waals surface area contributed by atoms with Gasteiger partial charge < -0.3 is 14.6 Å². The molecule has 1 amide bonds. The maximum absolute atomic E-state index is 13.5. The molecule has 0 spiro atoms. The fraction of sp³-hybridized carbons (Fsp3) is 0.190. The van der Waals surface area contributed by atoms with E-state index in [1.165, 1.54) is 38.3 Å². The molecular weight excluding hydrogens is 503 g/mol. The normalized spacial score (nSPS) is 16.3. The molecule has 0 aromatic heterocycles. The summed E-state index contributed by atoms with van der Waals surface area (Å²) in [7, 11) is 1.36. The maximum Gasteiger partial charge on any atom is 0.418 e. The third kappa shape index (κ3) is 5.43. The minimum Gasteiger partial charge on any atom is -0.493 e. The zero-order chi connectivity index (χ0) is 24.5. The molecule has 1 heterocycles. The molecule has 2 aromatic rings. The van der Waals surface area contributed by atoms with Crippen molar-refractivity contribution in [2.24, 2.45) is 0 Å². The number of hydrogen-bond donors (Lipinski definition) is 1. The average molecular weight is 518 g/mol. The lowest BCUT2D eigenvalue weighted by Gasteiger charge is -2.20. The summed E-state index contributed by atoms with van der Waals surface area (Å²) >= 11 is 11.7. The molecule has 0 saturated carbocycles. The molecule has 0 radical (unpaired) electrons. The van der Waals surface area contributed by atoms with Crippen molar-refractivity contribution in [3.8, 4) is 11.5 Å². The third-order valence-electron chi connectivity index (χ3n) is 4.44. The molecule has 12 heteroatoms. The molecule has 3 rings (SSSR count). The molecule has 1 saturated heterocycles. The summed E-state index contributed by atoms with van der Waals surface area (Å²) in [5.74, 6) is -1.50. The van der Waals surface area contributed by atoms with E-state index in [1.807, 2.05) is 0 Å². The highest BCUT2D eigenvalue weighted by Crippen LogP contribution is 2.43. The van der Waals surface area contributed by atoms with Gasteiger partial charge in [-0.2, -0.15) is 13.2 Å². The van der Waals surface area contributed by atoms with Crippen LogP contribution in [0.1, 0.15) is 18.1 Å². The monoisotopic (exact) mass is 517 g/mol. The molecule has 1 fully saturated rings. The SMILES string of the molecule is COc1cc(/C=C2/SC(=S)N(c3ccc(Cl)cc3C(F)(F)F)C2=O)ccc1OC(C)C(=O)O. The number of benzene rings is 2. The van der Waals surface area contributed by atoms with Crippen LogP contribution in [0.15, 0.2) is 41.3 Å². The van der Waals surface area contributed by atoms with Gasteiger partial charge in [-0.15, -0.1) is 0 Å². The second kappa shape index (κ2) is 9.62. The Hall–Kier alpha value is -2.76. The molecule has 1 aliphatic heterocycles. The van der Waals surface area contributed by atoms with E-state index in [9.17, 15) is 22.8 Å². The lowest BCUT2D eigenvalue weighted by atomic mass is 10.1. The first-order valence-electron chi connectivity index (χ1n) is 9.14. The second-order valence-electron chi connectivity index (χ2n) is 6.68. The fourth-order valence-electron chi connectivity index (χ4n) is 2.87. The first-order chi connectivity index (χ1) is 15.4. The van der Waals surface area contributed by atoms with Crippen molar-refractivity contribution in [2.45, 2.75) is 19.2 Å². The summed E-state index contributed by atoms with van der Waals surface area (Å²) < 4.78 is 51.0. The highest BCUT2D eigenvalue weighted by atomic mass is 35.5. The Morgan fingerprint density at radius 2 is 1.94 bits per heavy atom. The van der Waals surface area contributed by atoms with Crippen molar-refractivity contribution in [3.05, 3.63) is 57.5 Å². The summed E-state index contributed by atoms with van der Waals surface area (Å²) in [6, 6.07) is 7.59. The van der Waals surface area contributed by atoms with Gasteiger partial charge in [-0.05, 0) is 48.9 Å². The number of thiocarbonyl (C=S) groups is 1. The lowest BCUT2D eigenvalue weighted by molar-refractivity contribution is -0.144. The quantitative estimate of drug-likeness (QED) is 0.393. The van der Waals surface area contributed by atoms with E-state index < -0.39 is 35.4 Å². The van der Waals surface area contributed by atoms with Crippen LogP contribution >= 0.6 is 35.6 Å². The number of carbonyl (C=O) groups excluding carboxylic acids is 1. The molecule has 6 nitrogen and oxygen atoms in total. The first-order valence-corrected chi connectivity index (χ1v) is 10.7. The van der Waals surface area contributed by atoms with Gasteiger partial charge in [-0.1, -0.05) is 41.6 Å². The van der Waals surface area contributed by atoms with Crippen LogP contribution in [0.25, 0.3) is 6.08 Å². The molecule has 1 atom stereocenters. The number of carboxylic acid groups (broad SMARTS) is 1. The Bertz CT molecular complexity index is 1170. The van der Waals surface area contributed by atoms with E-state index in [0.717, 1.165) is 28.8 Å². The molecule has 33 heavy (non-hydrogen) atoms.